The fourth-order valence-electron chi connectivity index (χ4n) is 2.69. The highest BCUT2D eigenvalue weighted by Gasteiger charge is 2.24. The van der Waals surface area contributed by atoms with Crippen molar-refractivity contribution in [2.75, 3.05) is 32.7 Å². The van der Waals surface area contributed by atoms with Crippen LogP contribution in [0.15, 0.2) is 36.7 Å². The number of benzene rings is 1. The Bertz CT molecular complexity index is 707. The molecule has 126 valence electrons. The van der Waals surface area contributed by atoms with Crippen LogP contribution in [0, 0.1) is 0 Å². The minimum Gasteiger partial charge on any atom is -0.338 e. The molecule has 0 radical (unpaired) electrons. The van der Waals surface area contributed by atoms with Gasteiger partial charge in [0.2, 0.25) is 0 Å². The van der Waals surface area contributed by atoms with Crippen molar-refractivity contribution < 1.29 is 9.59 Å². The standard InChI is InChI=1S/C16H20N6O2/c1-2-17-16(24)21-10-8-20(9-11-21)15(23)13-4-3-5-14(12-13)22-7-6-18-19-22/h3-7,12H,2,8-11H2,1H3,(H,17,24). The SMILES string of the molecule is CCNC(=O)N1CCN(C(=O)c2cccc(-n3ccnn3)c2)CC1. The first-order chi connectivity index (χ1) is 11.7. The van der Waals surface area contributed by atoms with Crippen molar-refractivity contribution in [3.05, 3.63) is 42.2 Å². The quantitative estimate of drug-likeness (QED) is 0.901. The molecule has 0 bridgehead atoms. The highest BCUT2D eigenvalue weighted by atomic mass is 16.2. The minimum absolute atomic E-state index is 0.0347. The van der Waals surface area contributed by atoms with Crippen LogP contribution in [-0.2, 0) is 0 Å². The van der Waals surface area contributed by atoms with Crippen molar-refractivity contribution in [1.82, 2.24) is 30.1 Å². The molecule has 1 saturated heterocycles. The number of rotatable bonds is 3. The minimum atomic E-state index is -0.0715. The molecule has 24 heavy (non-hydrogen) atoms. The summed E-state index contributed by atoms with van der Waals surface area (Å²) in [6, 6.07) is 7.22. The third-order valence-electron chi connectivity index (χ3n) is 3.96. The van der Waals surface area contributed by atoms with E-state index in [1.54, 1.807) is 39.0 Å². The van der Waals surface area contributed by atoms with Crippen molar-refractivity contribution in [1.29, 1.82) is 0 Å². The van der Waals surface area contributed by atoms with E-state index in [0.717, 1.165) is 5.69 Å². The number of carbonyl (C=O) groups is 2. The normalized spacial score (nSPS) is 14.5. The lowest BCUT2D eigenvalue weighted by Gasteiger charge is -2.34. The first-order valence-corrected chi connectivity index (χ1v) is 7.98. The Kier molecular flexibility index (Phi) is 4.74. The van der Waals surface area contributed by atoms with Gasteiger partial charge in [0.15, 0.2) is 0 Å². The van der Waals surface area contributed by atoms with Gasteiger partial charge in [0.1, 0.15) is 0 Å². The predicted octanol–water partition coefficient (Wildman–Crippen LogP) is 0.755. The summed E-state index contributed by atoms with van der Waals surface area (Å²) in [5.41, 5.74) is 1.40. The lowest BCUT2D eigenvalue weighted by Crippen LogP contribution is -2.53. The summed E-state index contributed by atoms with van der Waals surface area (Å²) in [6.45, 7) is 4.64. The second-order valence-corrected chi connectivity index (χ2v) is 5.51. The Morgan fingerprint density at radius 3 is 2.58 bits per heavy atom. The number of amides is 3. The van der Waals surface area contributed by atoms with Crippen LogP contribution in [0.2, 0.25) is 0 Å². The van der Waals surface area contributed by atoms with Gasteiger partial charge in [-0.25, -0.2) is 9.48 Å². The number of carbonyl (C=O) groups excluding carboxylic acids is 2. The summed E-state index contributed by atoms with van der Waals surface area (Å²) in [5.74, 6) is -0.0347. The van der Waals surface area contributed by atoms with Crippen LogP contribution in [0.1, 0.15) is 17.3 Å². The number of nitrogens with zero attached hydrogens (tertiary/aromatic N) is 5. The number of piperazine rings is 1. The van der Waals surface area contributed by atoms with E-state index in [0.29, 0.717) is 38.3 Å². The molecule has 1 aromatic carbocycles. The summed E-state index contributed by atoms with van der Waals surface area (Å²) in [4.78, 5) is 28.0. The first kappa shape index (κ1) is 16.0. The van der Waals surface area contributed by atoms with E-state index in [2.05, 4.69) is 15.6 Å². The largest absolute Gasteiger partial charge is 0.338 e. The molecule has 1 aliphatic rings. The van der Waals surface area contributed by atoms with Crippen molar-refractivity contribution in [3.8, 4) is 5.69 Å². The van der Waals surface area contributed by atoms with Gasteiger partial charge >= 0.3 is 6.03 Å². The van der Waals surface area contributed by atoms with Crippen LogP contribution in [0.3, 0.4) is 0 Å². The molecule has 8 heteroatoms. The molecule has 0 spiro atoms. The fraction of sp³-hybridized carbons (Fsp3) is 0.375. The monoisotopic (exact) mass is 328 g/mol. The summed E-state index contributed by atoms with van der Waals surface area (Å²) >= 11 is 0. The van der Waals surface area contributed by atoms with Crippen LogP contribution in [0.5, 0.6) is 0 Å². The zero-order valence-electron chi connectivity index (χ0n) is 13.6. The van der Waals surface area contributed by atoms with E-state index in [1.165, 1.54) is 0 Å². The molecule has 0 atom stereocenters. The van der Waals surface area contributed by atoms with Crippen LogP contribution in [0.4, 0.5) is 4.79 Å². The summed E-state index contributed by atoms with van der Waals surface area (Å²) < 4.78 is 1.61. The zero-order valence-corrected chi connectivity index (χ0v) is 13.6. The summed E-state index contributed by atoms with van der Waals surface area (Å²) in [7, 11) is 0. The lowest BCUT2D eigenvalue weighted by atomic mass is 10.1. The molecular weight excluding hydrogens is 308 g/mol. The number of hydrogen-bond donors (Lipinski definition) is 1. The second-order valence-electron chi connectivity index (χ2n) is 5.51. The highest BCUT2D eigenvalue weighted by molar-refractivity contribution is 5.95. The third-order valence-corrected chi connectivity index (χ3v) is 3.96. The first-order valence-electron chi connectivity index (χ1n) is 7.98. The van der Waals surface area contributed by atoms with E-state index < -0.39 is 0 Å². The smallest absolute Gasteiger partial charge is 0.317 e. The second kappa shape index (κ2) is 7.12. The molecule has 0 aliphatic carbocycles. The maximum Gasteiger partial charge on any atom is 0.317 e. The van der Waals surface area contributed by atoms with Gasteiger partial charge in [-0.3, -0.25) is 4.79 Å². The Morgan fingerprint density at radius 1 is 1.17 bits per heavy atom. The summed E-state index contributed by atoms with van der Waals surface area (Å²) in [6.07, 6.45) is 3.32. The fourth-order valence-corrected chi connectivity index (χ4v) is 2.69. The van der Waals surface area contributed by atoms with Crippen molar-refractivity contribution >= 4 is 11.9 Å². The summed E-state index contributed by atoms with van der Waals surface area (Å²) in [5, 5.41) is 10.5. The van der Waals surface area contributed by atoms with E-state index in [-0.39, 0.29) is 11.9 Å². The number of urea groups is 1. The predicted molar refractivity (Wildman–Crippen MR) is 87.9 cm³/mol. The van der Waals surface area contributed by atoms with Gasteiger partial charge in [-0.2, -0.15) is 0 Å². The average molecular weight is 328 g/mol. The Hall–Kier alpha value is -2.90. The lowest BCUT2D eigenvalue weighted by molar-refractivity contribution is 0.0665. The molecule has 1 fully saturated rings. The van der Waals surface area contributed by atoms with E-state index in [9.17, 15) is 9.59 Å². The zero-order chi connectivity index (χ0) is 16.9. The van der Waals surface area contributed by atoms with Crippen LogP contribution >= 0.6 is 0 Å². The number of aromatic nitrogens is 3. The maximum absolute atomic E-state index is 12.7. The van der Waals surface area contributed by atoms with E-state index in [1.807, 2.05) is 19.1 Å². The van der Waals surface area contributed by atoms with Gasteiger partial charge in [0.05, 0.1) is 18.1 Å². The molecule has 2 aromatic rings. The third kappa shape index (κ3) is 3.37. The maximum atomic E-state index is 12.7. The van der Waals surface area contributed by atoms with Gasteiger partial charge < -0.3 is 15.1 Å². The van der Waals surface area contributed by atoms with Gasteiger partial charge in [0, 0.05) is 38.3 Å². The van der Waals surface area contributed by atoms with Crippen LogP contribution in [-0.4, -0.2) is 69.5 Å². The van der Waals surface area contributed by atoms with Gasteiger partial charge in [-0.15, -0.1) is 5.10 Å². The van der Waals surface area contributed by atoms with Crippen LogP contribution in [0.25, 0.3) is 5.69 Å². The number of nitrogens with one attached hydrogen (secondary N) is 1. The molecule has 1 aromatic heterocycles. The Balaban J connectivity index is 1.66. The topological polar surface area (TPSA) is 83.4 Å². The number of hydrogen-bond acceptors (Lipinski definition) is 4. The molecule has 3 amide bonds. The van der Waals surface area contributed by atoms with Gasteiger partial charge in [0.25, 0.3) is 5.91 Å². The Labute approximate surface area is 140 Å². The van der Waals surface area contributed by atoms with E-state index in [4.69, 9.17) is 0 Å². The Morgan fingerprint density at radius 2 is 1.92 bits per heavy atom. The van der Waals surface area contributed by atoms with Gasteiger partial charge in [-0.1, -0.05) is 11.3 Å². The molecule has 1 N–H and O–H groups in total. The van der Waals surface area contributed by atoms with Crippen molar-refractivity contribution in [2.45, 2.75) is 6.92 Å². The molecular formula is C16H20N6O2. The molecule has 2 heterocycles. The van der Waals surface area contributed by atoms with Crippen LogP contribution < -0.4 is 5.32 Å². The highest BCUT2D eigenvalue weighted by Crippen LogP contribution is 2.13. The molecule has 0 unspecified atom stereocenters. The molecule has 1 aliphatic heterocycles. The molecule has 3 rings (SSSR count). The average Bonchev–Trinajstić information content (AvgIpc) is 3.16. The van der Waals surface area contributed by atoms with Crippen molar-refractivity contribution in [3.63, 3.8) is 0 Å². The molecule has 8 nitrogen and oxygen atoms in total. The van der Waals surface area contributed by atoms with Crippen molar-refractivity contribution in [2.24, 2.45) is 0 Å². The van der Waals surface area contributed by atoms with Gasteiger partial charge in [-0.05, 0) is 25.1 Å². The van der Waals surface area contributed by atoms with E-state index >= 15 is 0 Å². The molecule has 0 saturated carbocycles.